The van der Waals surface area contributed by atoms with Crippen molar-refractivity contribution < 1.29 is 4.79 Å². The Bertz CT molecular complexity index is 1030. The van der Waals surface area contributed by atoms with E-state index in [-0.39, 0.29) is 11.6 Å². The molecule has 7 nitrogen and oxygen atoms in total. The molecular weight excluding hydrogens is 328 g/mol. The van der Waals surface area contributed by atoms with Gasteiger partial charge in [0.05, 0.1) is 17.3 Å². The fourth-order valence-corrected chi connectivity index (χ4v) is 2.73. The molecule has 1 amide bonds. The standard InChI is InChI=1S/C19H16N6O/c1-12-21-17(14-5-6-14)10-18(22-12)23-19(26)16-7-8-25(24-16)15-4-2-3-13(9-15)11-20/h2-4,7-10,14H,5-6H2,1H3,(H,21,22,23,26). The third kappa shape index (κ3) is 3.30. The van der Waals surface area contributed by atoms with Gasteiger partial charge in [-0.25, -0.2) is 14.6 Å². The second-order valence-corrected chi connectivity index (χ2v) is 6.26. The molecule has 1 aliphatic rings. The number of nitrogens with one attached hydrogen (secondary N) is 1. The van der Waals surface area contributed by atoms with Crippen LogP contribution in [0.2, 0.25) is 0 Å². The molecule has 1 aromatic carbocycles. The maximum atomic E-state index is 12.5. The van der Waals surface area contributed by atoms with Gasteiger partial charge in [-0.1, -0.05) is 6.07 Å². The summed E-state index contributed by atoms with van der Waals surface area (Å²) in [7, 11) is 0. The number of anilines is 1. The Morgan fingerprint density at radius 1 is 1.27 bits per heavy atom. The van der Waals surface area contributed by atoms with Gasteiger partial charge in [-0.05, 0) is 44.0 Å². The van der Waals surface area contributed by atoms with Crippen LogP contribution in [0.15, 0.2) is 42.6 Å². The van der Waals surface area contributed by atoms with E-state index in [0.29, 0.717) is 23.1 Å². The first kappa shape index (κ1) is 16.0. The number of benzene rings is 1. The summed E-state index contributed by atoms with van der Waals surface area (Å²) in [4.78, 5) is 21.2. The van der Waals surface area contributed by atoms with Gasteiger partial charge in [0.1, 0.15) is 11.6 Å². The van der Waals surface area contributed by atoms with Crippen molar-refractivity contribution in [1.29, 1.82) is 5.26 Å². The van der Waals surface area contributed by atoms with E-state index in [1.165, 1.54) is 0 Å². The van der Waals surface area contributed by atoms with Gasteiger partial charge in [0.2, 0.25) is 0 Å². The van der Waals surface area contributed by atoms with Gasteiger partial charge in [-0.3, -0.25) is 4.79 Å². The maximum Gasteiger partial charge on any atom is 0.277 e. The van der Waals surface area contributed by atoms with Crippen LogP contribution in [0, 0.1) is 18.3 Å². The van der Waals surface area contributed by atoms with Crippen molar-refractivity contribution in [3.05, 3.63) is 65.4 Å². The minimum atomic E-state index is -0.333. The van der Waals surface area contributed by atoms with Gasteiger partial charge in [-0.2, -0.15) is 10.4 Å². The highest BCUT2D eigenvalue weighted by molar-refractivity contribution is 6.02. The van der Waals surface area contributed by atoms with Crippen molar-refractivity contribution in [3.63, 3.8) is 0 Å². The summed E-state index contributed by atoms with van der Waals surface area (Å²) >= 11 is 0. The molecule has 0 saturated heterocycles. The molecule has 1 saturated carbocycles. The van der Waals surface area contributed by atoms with Crippen LogP contribution >= 0.6 is 0 Å². The summed E-state index contributed by atoms with van der Waals surface area (Å²) in [6, 6.07) is 12.6. The van der Waals surface area contributed by atoms with E-state index in [0.717, 1.165) is 24.2 Å². The van der Waals surface area contributed by atoms with Gasteiger partial charge in [0.15, 0.2) is 5.69 Å². The number of nitrogens with zero attached hydrogens (tertiary/aromatic N) is 5. The van der Waals surface area contributed by atoms with E-state index >= 15 is 0 Å². The minimum absolute atomic E-state index is 0.275. The Kier molecular flexibility index (Phi) is 3.93. The zero-order chi connectivity index (χ0) is 18.1. The number of aromatic nitrogens is 4. The lowest BCUT2D eigenvalue weighted by Gasteiger charge is -2.06. The van der Waals surface area contributed by atoms with Crippen molar-refractivity contribution in [2.45, 2.75) is 25.7 Å². The first-order chi connectivity index (χ1) is 12.6. The number of aryl methyl sites for hydroxylation is 1. The predicted molar refractivity (Wildman–Crippen MR) is 95.0 cm³/mol. The Hall–Kier alpha value is -3.53. The highest BCUT2D eigenvalue weighted by Gasteiger charge is 2.26. The van der Waals surface area contributed by atoms with Crippen molar-refractivity contribution in [1.82, 2.24) is 19.7 Å². The summed E-state index contributed by atoms with van der Waals surface area (Å²) in [5, 5.41) is 16.1. The summed E-state index contributed by atoms with van der Waals surface area (Å²) < 4.78 is 1.57. The van der Waals surface area contributed by atoms with Crippen molar-refractivity contribution in [3.8, 4) is 11.8 Å². The Labute approximate surface area is 150 Å². The van der Waals surface area contributed by atoms with Crippen LogP contribution in [0.5, 0.6) is 0 Å². The molecule has 26 heavy (non-hydrogen) atoms. The van der Waals surface area contributed by atoms with Gasteiger partial charge in [-0.15, -0.1) is 0 Å². The average Bonchev–Trinajstić information content (AvgIpc) is 3.37. The molecule has 1 aliphatic carbocycles. The highest BCUT2D eigenvalue weighted by Crippen LogP contribution is 2.39. The fourth-order valence-electron chi connectivity index (χ4n) is 2.73. The lowest BCUT2D eigenvalue weighted by atomic mass is 10.2. The zero-order valence-corrected chi connectivity index (χ0v) is 14.2. The van der Waals surface area contributed by atoms with Crippen LogP contribution in [0.1, 0.15) is 46.3 Å². The number of carbonyl (C=O) groups is 1. The number of hydrogen-bond acceptors (Lipinski definition) is 5. The van der Waals surface area contributed by atoms with Crippen LogP contribution in [0.4, 0.5) is 5.82 Å². The van der Waals surface area contributed by atoms with Gasteiger partial charge in [0.25, 0.3) is 5.91 Å². The van der Waals surface area contributed by atoms with E-state index in [1.807, 2.05) is 19.1 Å². The van der Waals surface area contributed by atoms with E-state index in [4.69, 9.17) is 5.26 Å². The van der Waals surface area contributed by atoms with E-state index in [9.17, 15) is 4.79 Å². The molecule has 0 unspecified atom stereocenters. The molecule has 128 valence electrons. The SMILES string of the molecule is Cc1nc(NC(=O)c2ccn(-c3cccc(C#N)c3)n2)cc(C2CC2)n1. The minimum Gasteiger partial charge on any atom is -0.305 e. The zero-order valence-electron chi connectivity index (χ0n) is 14.2. The smallest absolute Gasteiger partial charge is 0.277 e. The quantitative estimate of drug-likeness (QED) is 0.785. The number of carbonyl (C=O) groups excluding carboxylic acids is 1. The second-order valence-electron chi connectivity index (χ2n) is 6.26. The van der Waals surface area contributed by atoms with Gasteiger partial charge < -0.3 is 5.32 Å². The summed E-state index contributed by atoms with van der Waals surface area (Å²) in [6.45, 7) is 1.82. The molecule has 2 heterocycles. The summed E-state index contributed by atoms with van der Waals surface area (Å²) in [5.74, 6) is 1.29. The van der Waals surface area contributed by atoms with E-state index in [2.05, 4.69) is 26.5 Å². The molecule has 1 fully saturated rings. The van der Waals surface area contributed by atoms with Crippen molar-refractivity contribution in [2.75, 3.05) is 5.32 Å². The lowest BCUT2D eigenvalue weighted by Crippen LogP contribution is -2.15. The van der Waals surface area contributed by atoms with E-state index in [1.54, 1.807) is 35.1 Å². The number of hydrogen-bond donors (Lipinski definition) is 1. The molecule has 7 heteroatoms. The molecule has 0 bridgehead atoms. The Balaban J connectivity index is 1.54. The van der Waals surface area contributed by atoms with Crippen LogP contribution in [-0.2, 0) is 0 Å². The van der Waals surface area contributed by atoms with Crippen molar-refractivity contribution in [2.24, 2.45) is 0 Å². The first-order valence-electron chi connectivity index (χ1n) is 8.35. The topological polar surface area (TPSA) is 96.5 Å². The van der Waals surface area contributed by atoms with E-state index < -0.39 is 0 Å². The summed E-state index contributed by atoms with van der Waals surface area (Å²) in [5.41, 5.74) is 2.51. The molecule has 2 aromatic heterocycles. The van der Waals surface area contributed by atoms with Crippen LogP contribution < -0.4 is 5.32 Å². The molecule has 1 N–H and O–H groups in total. The number of amides is 1. The third-order valence-corrected chi connectivity index (χ3v) is 4.16. The van der Waals surface area contributed by atoms with Crippen LogP contribution in [-0.4, -0.2) is 25.7 Å². The highest BCUT2D eigenvalue weighted by atomic mass is 16.2. The lowest BCUT2D eigenvalue weighted by molar-refractivity contribution is 0.102. The molecule has 0 radical (unpaired) electrons. The molecule has 0 atom stereocenters. The van der Waals surface area contributed by atoms with Crippen LogP contribution in [0.3, 0.4) is 0 Å². The molecule has 4 rings (SSSR count). The summed E-state index contributed by atoms with van der Waals surface area (Å²) in [6.07, 6.45) is 3.96. The first-order valence-corrected chi connectivity index (χ1v) is 8.35. The predicted octanol–water partition coefficient (Wildman–Crippen LogP) is 2.97. The molecule has 0 spiro atoms. The third-order valence-electron chi connectivity index (χ3n) is 4.16. The average molecular weight is 344 g/mol. The monoisotopic (exact) mass is 344 g/mol. The van der Waals surface area contributed by atoms with Crippen molar-refractivity contribution >= 4 is 11.7 Å². The molecular formula is C19H16N6O. The Morgan fingerprint density at radius 2 is 2.12 bits per heavy atom. The molecule has 0 aliphatic heterocycles. The van der Waals surface area contributed by atoms with Crippen LogP contribution in [0.25, 0.3) is 5.69 Å². The maximum absolute atomic E-state index is 12.5. The largest absolute Gasteiger partial charge is 0.305 e. The number of nitriles is 1. The Morgan fingerprint density at radius 3 is 2.88 bits per heavy atom. The second kappa shape index (κ2) is 6.41. The molecule has 3 aromatic rings. The fraction of sp³-hybridized carbons (Fsp3) is 0.211. The van der Waals surface area contributed by atoms with Gasteiger partial charge >= 0.3 is 0 Å². The van der Waals surface area contributed by atoms with Gasteiger partial charge in [0, 0.05) is 23.9 Å². The normalized spacial score (nSPS) is 13.2. The number of rotatable bonds is 4.